The maximum absolute atomic E-state index is 14.2. The van der Waals surface area contributed by atoms with Gasteiger partial charge in [-0.3, -0.25) is 19.3 Å². The molecule has 1 unspecified atom stereocenters. The molecule has 3 atom stereocenters. The van der Waals surface area contributed by atoms with Crippen LogP contribution >= 0.6 is 0 Å². The number of fused-ring (bicyclic) bond motifs is 1. The average molecular weight is 620 g/mol. The molecular weight excluding hydrogens is 568 g/mol. The number of aliphatic carboxylic acids is 1. The predicted molar refractivity (Wildman–Crippen MR) is 175 cm³/mol. The number of carbonyl (C=O) groups is 3. The summed E-state index contributed by atoms with van der Waals surface area (Å²) in [7, 11) is 6.47. The van der Waals surface area contributed by atoms with Crippen molar-refractivity contribution in [3.63, 3.8) is 0 Å². The molecule has 9 nitrogen and oxygen atoms in total. The van der Waals surface area contributed by atoms with Gasteiger partial charge in [0.15, 0.2) is 0 Å². The van der Waals surface area contributed by atoms with E-state index in [1.165, 1.54) is 5.56 Å². The number of likely N-dealkylation sites (tertiary alicyclic amines) is 2. The summed E-state index contributed by atoms with van der Waals surface area (Å²) >= 11 is 0. The lowest BCUT2D eigenvalue weighted by atomic mass is 9.83. The standard InChI is InChI=1S/C36H50N4O5/c1-5-6-19-39(29-11-7-10-26(21-29)25-40(2,3)4)34(42)24-38-23-30(27-14-15-32-28(22-27)16-20-45-32)35(36(43)44)31(38)12-8-17-37-18-9-13-33(37)41/h7,10-11,14-15,21-22,30-31,35H,5-6,8-9,12-13,16-20,23-25H2,1-4H3/p+1/t30-,31+,35?/m1/s1. The molecule has 2 saturated heterocycles. The van der Waals surface area contributed by atoms with Crippen LogP contribution < -0.4 is 9.64 Å². The summed E-state index contributed by atoms with van der Waals surface area (Å²) in [6, 6.07) is 14.0. The third-order valence-electron chi connectivity index (χ3n) is 9.53. The topological polar surface area (TPSA) is 90.4 Å². The first-order chi connectivity index (χ1) is 21.5. The molecule has 0 aliphatic carbocycles. The van der Waals surface area contributed by atoms with Gasteiger partial charge in [-0.25, -0.2) is 0 Å². The van der Waals surface area contributed by atoms with Crippen LogP contribution in [0.25, 0.3) is 0 Å². The lowest BCUT2D eigenvalue weighted by molar-refractivity contribution is -0.884. The highest BCUT2D eigenvalue weighted by molar-refractivity contribution is 5.95. The van der Waals surface area contributed by atoms with Crippen LogP contribution in [0.4, 0.5) is 5.69 Å². The van der Waals surface area contributed by atoms with Crippen molar-refractivity contribution >= 4 is 23.5 Å². The Morgan fingerprint density at radius 3 is 2.62 bits per heavy atom. The van der Waals surface area contributed by atoms with Crippen molar-refractivity contribution in [3.8, 4) is 5.75 Å². The first-order valence-electron chi connectivity index (χ1n) is 16.7. The SMILES string of the molecule is CCCCN(C(=O)CN1C[C@H](c2ccc3c(c2)CCO3)C(C(=O)O)[C@@H]1CCCN1CCCC1=O)c1cccc(C[N+](C)(C)C)c1. The summed E-state index contributed by atoms with van der Waals surface area (Å²) in [6.07, 6.45) is 5.48. The monoisotopic (exact) mass is 619 g/mol. The number of quaternary nitrogens is 1. The zero-order valence-electron chi connectivity index (χ0n) is 27.5. The van der Waals surface area contributed by atoms with Gasteiger partial charge in [0.1, 0.15) is 12.3 Å². The minimum Gasteiger partial charge on any atom is -0.493 e. The van der Waals surface area contributed by atoms with Gasteiger partial charge in [0.2, 0.25) is 11.8 Å². The van der Waals surface area contributed by atoms with Gasteiger partial charge in [-0.15, -0.1) is 0 Å². The number of unbranched alkanes of at least 4 members (excludes halogenated alkanes) is 1. The number of amides is 2. The van der Waals surface area contributed by atoms with Gasteiger partial charge in [-0.05, 0) is 55.0 Å². The number of rotatable bonds is 14. The molecule has 2 amide bonds. The van der Waals surface area contributed by atoms with Crippen LogP contribution in [-0.2, 0) is 27.3 Å². The minimum absolute atomic E-state index is 0.00212. The fraction of sp³-hybridized carbons (Fsp3) is 0.583. The third kappa shape index (κ3) is 8.05. The number of carboxylic acids is 1. The molecule has 0 aromatic heterocycles. The highest BCUT2D eigenvalue weighted by Crippen LogP contribution is 2.41. The number of anilines is 1. The number of nitrogens with zero attached hydrogens (tertiary/aromatic N) is 4. The summed E-state index contributed by atoms with van der Waals surface area (Å²) in [5, 5.41) is 10.6. The van der Waals surface area contributed by atoms with E-state index in [0.717, 1.165) is 65.8 Å². The molecule has 2 fully saturated rings. The number of carboxylic acid groups (broad SMARTS) is 1. The Kier molecular flexibility index (Phi) is 10.5. The van der Waals surface area contributed by atoms with E-state index >= 15 is 0 Å². The molecule has 45 heavy (non-hydrogen) atoms. The summed E-state index contributed by atoms with van der Waals surface area (Å²) in [4.78, 5) is 45.4. The second-order valence-electron chi connectivity index (χ2n) is 14.1. The second kappa shape index (κ2) is 14.3. The fourth-order valence-electron chi connectivity index (χ4n) is 7.40. The van der Waals surface area contributed by atoms with Crippen LogP contribution in [0.1, 0.15) is 68.1 Å². The Morgan fingerprint density at radius 1 is 1.09 bits per heavy atom. The van der Waals surface area contributed by atoms with Crippen LogP contribution in [0.15, 0.2) is 42.5 Å². The van der Waals surface area contributed by atoms with Gasteiger partial charge in [-0.1, -0.05) is 37.6 Å². The Balaban J connectivity index is 1.40. The lowest BCUT2D eigenvalue weighted by Gasteiger charge is -2.30. The molecule has 244 valence electrons. The first kappa shape index (κ1) is 32.9. The third-order valence-corrected chi connectivity index (χ3v) is 9.53. The summed E-state index contributed by atoms with van der Waals surface area (Å²) in [5.74, 6) is -0.661. The van der Waals surface area contributed by atoms with Gasteiger partial charge in [0.25, 0.3) is 0 Å². The van der Waals surface area contributed by atoms with Crippen LogP contribution in [0.5, 0.6) is 5.75 Å². The van der Waals surface area contributed by atoms with Crippen molar-refractivity contribution in [2.45, 2.75) is 70.4 Å². The van der Waals surface area contributed by atoms with Gasteiger partial charge in [0.05, 0.1) is 40.2 Å². The molecule has 2 aromatic rings. The van der Waals surface area contributed by atoms with Crippen LogP contribution in [0.3, 0.4) is 0 Å². The van der Waals surface area contributed by atoms with Gasteiger partial charge < -0.3 is 24.1 Å². The van der Waals surface area contributed by atoms with E-state index in [9.17, 15) is 19.5 Å². The van der Waals surface area contributed by atoms with Crippen LogP contribution in [0, 0.1) is 5.92 Å². The highest BCUT2D eigenvalue weighted by atomic mass is 16.5. The molecule has 0 bridgehead atoms. The minimum atomic E-state index is -0.829. The van der Waals surface area contributed by atoms with Gasteiger partial charge in [0, 0.05) is 62.2 Å². The number of ether oxygens (including phenoxy) is 1. The average Bonchev–Trinajstić information content (AvgIpc) is 3.71. The van der Waals surface area contributed by atoms with Crippen molar-refractivity contribution in [2.24, 2.45) is 5.92 Å². The van der Waals surface area contributed by atoms with Crippen LogP contribution in [0.2, 0.25) is 0 Å². The maximum Gasteiger partial charge on any atom is 0.308 e. The van der Waals surface area contributed by atoms with Crippen molar-refractivity contribution in [1.82, 2.24) is 9.80 Å². The highest BCUT2D eigenvalue weighted by Gasteiger charge is 2.47. The Morgan fingerprint density at radius 2 is 1.91 bits per heavy atom. The molecule has 0 spiro atoms. The summed E-state index contributed by atoms with van der Waals surface area (Å²) in [6.45, 7) is 6.30. The number of hydrogen-bond acceptors (Lipinski definition) is 5. The quantitative estimate of drug-likeness (QED) is 0.313. The van der Waals surface area contributed by atoms with Gasteiger partial charge >= 0.3 is 5.97 Å². The number of benzene rings is 2. The maximum atomic E-state index is 14.2. The molecule has 2 aromatic carbocycles. The van der Waals surface area contributed by atoms with Crippen LogP contribution in [-0.4, -0.2) is 104 Å². The number of carbonyl (C=O) groups excluding carboxylic acids is 2. The normalized spacial score (nSPS) is 21.6. The van der Waals surface area contributed by atoms with Gasteiger partial charge in [-0.2, -0.15) is 0 Å². The first-order valence-corrected chi connectivity index (χ1v) is 16.7. The van der Waals surface area contributed by atoms with E-state index in [4.69, 9.17) is 4.74 Å². The molecule has 1 N–H and O–H groups in total. The molecule has 3 heterocycles. The smallest absolute Gasteiger partial charge is 0.308 e. The second-order valence-corrected chi connectivity index (χ2v) is 14.1. The Hall–Kier alpha value is -3.43. The summed E-state index contributed by atoms with van der Waals surface area (Å²) < 4.78 is 6.51. The van der Waals surface area contributed by atoms with Crippen molar-refractivity contribution < 1.29 is 28.7 Å². The fourth-order valence-corrected chi connectivity index (χ4v) is 7.40. The molecule has 0 saturated carbocycles. The number of hydrogen-bond donors (Lipinski definition) is 1. The van der Waals surface area contributed by atoms with E-state index in [2.05, 4.69) is 51.2 Å². The molecule has 3 aliphatic heterocycles. The van der Waals surface area contributed by atoms with E-state index in [0.29, 0.717) is 45.5 Å². The lowest BCUT2D eigenvalue weighted by Crippen LogP contribution is -2.45. The van der Waals surface area contributed by atoms with Crippen molar-refractivity contribution in [3.05, 3.63) is 59.2 Å². The molecule has 9 heteroatoms. The van der Waals surface area contributed by atoms with E-state index in [1.807, 2.05) is 34.1 Å². The predicted octanol–water partition coefficient (Wildman–Crippen LogP) is 4.53. The molecule has 3 aliphatic rings. The molecule has 5 rings (SSSR count). The molecular formula is C36H51N4O5+. The zero-order chi connectivity index (χ0) is 32.1. The largest absolute Gasteiger partial charge is 0.493 e. The Bertz CT molecular complexity index is 1370. The Labute approximate surface area is 268 Å². The van der Waals surface area contributed by atoms with E-state index in [1.54, 1.807) is 0 Å². The zero-order valence-corrected chi connectivity index (χ0v) is 27.5. The van der Waals surface area contributed by atoms with E-state index < -0.39 is 11.9 Å². The summed E-state index contributed by atoms with van der Waals surface area (Å²) in [5.41, 5.74) is 4.19. The van der Waals surface area contributed by atoms with Crippen molar-refractivity contribution in [2.75, 3.05) is 65.4 Å². The van der Waals surface area contributed by atoms with E-state index in [-0.39, 0.29) is 30.3 Å². The van der Waals surface area contributed by atoms with Crippen molar-refractivity contribution in [1.29, 1.82) is 0 Å². The molecule has 0 radical (unpaired) electrons.